The van der Waals surface area contributed by atoms with Gasteiger partial charge < -0.3 is 15.2 Å². The number of nitrogens with one attached hydrogen (secondary N) is 1. The number of aliphatic hydroxyl groups excluding tert-OH is 1. The molecular weight excluding hydrogens is 261 g/mol. The molecule has 1 heterocycles. The van der Waals surface area contributed by atoms with E-state index < -0.39 is 5.82 Å². The minimum absolute atomic E-state index is 0.116. The molecule has 1 fully saturated rings. The van der Waals surface area contributed by atoms with E-state index in [-0.39, 0.29) is 30.1 Å². The van der Waals surface area contributed by atoms with Crippen LogP contribution in [0.5, 0.6) is 0 Å². The van der Waals surface area contributed by atoms with E-state index >= 15 is 0 Å². The fourth-order valence-electron chi connectivity index (χ4n) is 2.14. The molecule has 1 aliphatic heterocycles. The van der Waals surface area contributed by atoms with Crippen molar-refractivity contribution in [3.63, 3.8) is 0 Å². The highest BCUT2D eigenvalue weighted by molar-refractivity contribution is 5.93. The first-order chi connectivity index (χ1) is 9.61. The molecule has 1 aromatic rings. The van der Waals surface area contributed by atoms with Crippen LogP contribution in [0.25, 0.3) is 0 Å². The van der Waals surface area contributed by atoms with Crippen LogP contribution in [0.3, 0.4) is 0 Å². The summed E-state index contributed by atoms with van der Waals surface area (Å²) in [5, 5.41) is 11.3. The maximum atomic E-state index is 13.7. The van der Waals surface area contributed by atoms with Gasteiger partial charge in [-0.3, -0.25) is 4.79 Å². The third-order valence-electron chi connectivity index (χ3n) is 3.25. The van der Waals surface area contributed by atoms with Crippen molar-refractivity contribution < 1.29 is 19.0 Å². The number of benzene rings is 1. The standard InChI is InChI=1S/C15H16FNO3/c1-10-13(6-8-20-10)15(19)17-12-5-4-11(3-2-7-18)14(16)9-12/h4-5,9-10,13,18H,6-8H2,1H3,(H,17,19). The Morgan fingerprint density at radius 1 is 1.60 bits per heavy atom. The number of hydrogen-bond acceptors (Lipinski definition) is 3. The van der Waals surface area contributed by atoms with Crippen LogP contribution in [0.1, 0.15) is 18.9 Å². The van der Waals surface area contributed by atoms with Crippen molar-refractivity contribution in [2.75, 3.05) is 18.5 Å². The molecule has 1 saturated heterocycles. The van der Waals surface area contributed by atoms with E-state index in [2.05, 4.69) is 17.2 Å². The van der Waals surface area contributed by atoms with Gasteiger partial charge in [-0.15, -0.1) is 0 Å². The van der Waals surface area contributed by atoms with Crippen molar-refractivity contribution in [1.82, 2.24) is 0 Å². The van der Waals surface area contributed by atoms with Crippen molar-refractivity contribution in [3.8, 4) is 11.8 Å². The number of hydrogen-bond donors (Lipinski definition) is 2. The maximum absolute atomic E-state index is 13.7. The molecule has 0 spiro atoms. The molecule has 106 valence electrons. The second-order valence-corrected chi connectivity index (χ2v) is 4.61. The number of carbonyl (C=O) groups is 1. The van der Waals surface area contributed by atoms with Gasteiger partial charge in [-0.05, 0) is 31.5 Å². The number of aliphatic hydroxyl groups is 1. The Hall–Kier alpha value is -1.90. The molecule has 2 N–H and O–H groups in total. The Morgan fingerprint density at radius 2 is 2.40 bits per heavy atom. The van der Waals surface area contributed by atoms with Crippen molar-refractivity contribution in [2.45, 2.75) is 19.4 Å². The monoisotopic (exact) mass is 277 g/mol. The summed E-state index contributed by atoms with van der Waals surface area (Å²) in [7, 11) is 0. The van der Waals surface area contributed by atoms with Crippen LogP contribution in [-0.2, 0) is 9.53 Å². The highest BCUT2D eigenvalue weighted by Gasteiger charge is 2.30. The smallest absolute Gasteiger partial charge is 0.230 e. The second kappa shape index (κ2) is 6.51. The van der Waals surface area contributed by atoms with E-state index in [9.17, 15) is 9.18 Å². The molecule has 1 aliphatic rings. The summed E-state index contributed by atoms with van der Waals surface area (Å²) in [6, 6.07) is 4.28. The molecule has 2 atom stereocenters. The predicted molar refractivity (Wildman–Crippen MR) is 72.5 cm³/mol. The minimum Gasteiger partial charge on any atom is -0.384 e. The molecule has 0 saturated carbocycles. The number of ether oxygens (including phenoxy) is 1. The molecule has 2 unspecified atom stereocenters. The van der Waals surface area contributed by atoms with E-state index in [0.717, 1.165) is 0 Å². The van der Waals surface area contributed by atoms with Crippen molar-refractivity contribution in [3.05, 3.63) is 29.6 Å². The normalized spacial score (nSPS) is 21.1. The molecule has 1 amide bonds. The van der Waals surface area contributed by atoms with Gasteiger partial charge in [0.2, 0.25) is 5.91 Å². The number of anilines is 1. The summed E-state index contributed by atoms with van der Waals surface area (Å²) in [6.07, 6.45) is 0.560. The van der Waals surface area contributed by atoms with Gasteiger partial charge in [-0.2, -0.15) is 0 Å². The van der Waals surface area contributed by atoms with Crippen LogP contribution in [0, 0.1) is 23.6 Å². The molecule has 4 nitrogen and oxygen atoms in total. The summed E-state index contributed by atoms with van der Waals surface area (Å²) in [5.74, 6) is 3.98. The first-order valence-corrected chi connectivity index (χ1v) is 6.43. The average Bonchev–Trinajstić information content (AvgIpc) is 2.84. The molecule has 5 heteroatoms. The number of halogens is 1. The SMILES string of the molecule is CC1OCCC1C(=O)Nc1ccc(C#CCO)c(F)c1. The lowest BCUT2D eigenvalue weighted by Gasteiger charge is -2.14. The Balaban J connectivity index is 2.06. The van der Waals surface area contributed by atoms with E-state index in [4.69, 9.17) is 9.84 Å². The van der Waals surface area contributed by atoms with Gasteiger partial charge in [0.25, 0.3) is 0 Å². The first-order valence-electron chi connectivity index (χ1n) is 6.43. The maximum Gasteiger partial charge on any atom is 0.230 e. The zero-order valence-electron chi connectivity index (χ0n) is 11.1. The van der Waals surface area contributed by atoms with Crippen LogP contribution >= 0.6 is 0 Å². The summed E-state index contributed by atoms with van der Waals surface area (Å²) in [6.45, 7) is 2.10. The minimum atomic E-state index is -0.528. The lowest BCUT2D eigenvalue weighted by atomic mass is 10.0. The molecule has 0 aromatic heterocycles. The zero-order chi connectivity index (χ0) is 14.5. The van der Waals surface area contributed by atoms with Crippen LogP contribution in [0.4, 0.5) is 10.1 Å². The molecule has 2 rings (SSSR count). The predicted octanol–water partition coefficient (Wildman–Crippen LogP) is 1.53. The Morgan fingerprint density at radius 3 is 3.00 bits per heavy atom. The van der Waals surface area contributed by atoms with Crippen molar-refractivity contribution in [1.29, 1.82) is 0 Å². The summed E-state index contributed by atoms with van der Waals surface area (Å²) < 4.78 is 19.1. The van der Waals surface area contributed by atoms with Gasteiger partial charge in [0.15, 0.2) is 0 Å². The lowest BCUT2D eigenvalue weighted by molar-refractivity contribution is -0.121. The quantitative estimate of drug-likeness (QED) is 0.806. The average molecular weight is 277 g/mol. The van der Waals surface area contributed by atoms with Gasteiger partial charge in [0.1, 0.15) is 12.4 Å². The van der Waals surface area contributed by atoms with Crippen LogP contribution in [0.2, 0.25) is 0 Å². The van der Waals surface area contributed by atoms with Crippen molar-refractivity contribution in [2.24, 2.45) is 5.92 Å². The van der Waals surface area contributed by atoms with Crippen LogP contribution in [-0.4, -0.2) is 30.3 Å². The summed E-state index contributed by atoms with van der Waals surface area (Å²) in [4.78, 5) is 12.0. The Bertz CT molecular complexity index is 562. The van der Waals surface area contributed by atoms with Crippen molar-refractivity contribution >= 4 is 11.6 Å². The van der Waals surface area contributed by atoms with E-state index in [1.165, 1.54) is 12.1 Å². The lowest BCUT2D eigenvalue weighted by Crippen LogP contribution is -2.27. The summed E-state index contributed by atoms with van der Waals surface area (Å²) in [5.41, 5.74) is 0.579. The topological polar surface area (TPSA) is 58.6 Å². The number of carbonyl (C=O) groups excluding carboxylic acids is 1. The molecule has 0 aliphatic carbocycles. The largest absolute Gasteiger partial charge is 0.384 e. The zero-order valence-corrected chi connectivity index (χ0v) is 11.1. The fraction of sp³-hybridized carbons (Fsp3) is 0.400. The number of rotatable bonds is 2. The number of amides is 1. The molecule has 20 heavy (non-hydrogen) atoms. The van der Waals surface area contributed by atoms with Gasteiger partial charge in [0.05, 0.1) is 17.6 Å². The van der Waals surface area contributed by atoms with E-state index in [0.29, 0.717) is 18.7 Å². The van der Waals surface area contributed by atoms with Crippen LogP contribution < -0.4 is 5.32 Å². The van der Waals surface area contributed by atoms with Gasteiger partial charge >= 0.3 is 0 Å². The first kappa shape index (κ1) is 14.5. The van der Waals surface area contributed by atoms with Gasteiger partial charge in [0, 0.05) is 12.3 Å². The third kappa shape index (κ3) is 3.35. The molecular formula is C15H16FNO3. The Labute approximate surface area is 116 Å². The highest BCUT2D eigenvalue weighted by Crippen LogP contribution is 2.23. The second-order valence-electron chi connectivity index (χ2n) is 4.61. The third-order valence-corrected chi connectivity index (χ3v) is 3.25. The van der Waals surface area contributed by atoms with Crippen LogP contribution in [0.15, 0.2) is 18.2 Å². The fourth-order valence-corrected chi connectivity index (χ4v) is 2.14. The van der Waals surface area contributed by atoms with Gasteiger partial charge in [-0.25, -0.2) is 4.39 Å². The highest BCUT2D eigenvalue weighted by atomic mass is 19.1. The van der Waals surface area contributed by atoms with Gasteiger partial charge in [-0.1, -0.05) is 11.8 Å². The summed E-state index contributed by atoms with van der Waals surface area (Å²) >= 11 is 0. The Kier molecular flexibility index (Phi) is 4.72. The molecule has 1 aromatic carbocycles. The van der Waals surface area contributed by atoms with E-state index in [1.807, 2.05) is 6.92 Å². The molecule has 0 bridgehead atoms. The molecule has 0 radical (unpaired) electrons. The van der Waals surface area contributed by atoms with E-state index in [1.54, 1.807) is 6.07 Å².